The number of nitrogens with zero attached hydrogens (tertiary/aromatic N) is 5. The summed E-state index contributed by atoms with van der Waals surface area (Å²) in [5.41, 5.74) is 2.31. The van der Waals surface area contributed by atoms with Crippen molar-refractivity contribution in [2.45, 2.75) is 0 Å². The molecule has 1 aliphatic rings. The molecule has 1 saturated heterocycles. The molecule has 0 N–H and O–H groups in total. The summed E-state index contributed by atoms with van der Waals surface area (Å²) in [5.74, 6) is -0.390. The van der Waals surface area contributed by atoms with Crippen LogP contribution in [0.15, 0.2) is 48.7 Å². The van der Waals surface area contributed by atoms with Crippen LogP contribution in [0.2, 0.25) is 0 Å². The molecule has 0 aliphatic carbocycles. The number of carbonyl (C=O) groups excluding carboxylic acids is 2. The normalized spacial score (nSPS) is 14.2. The van der Waals surface area contributed by atoms with Crippen LogP contribution < -0.4 is 9.64 Å². The van der Waals surface area contributed by atoms with Crippen molar-refractivity contribution in [3.8, 4) is 17.1 Å². The van der Waals surface area contributed by atoms with E-state index in [4.69, 9.17) is 4.74 Å². The number of amides is 2. The Morgan fingerprint density at radius 2 is 1.90 bits per heavy atom. The topological polar surface area (TPSA) is 80.6 Å². The molecule has 1 aliphatic heterocycles. The van der Waals surface area contributed by atoms with Gasteiger partial charge in [-0.1, -0.05) is 0 Å². The maximum Gasteiger partial charge on any atom is 0.272 e. The smallest absolute Gasteiger partial charge is 0.272 e. The lowest BCUT2D eigenvalue weighted by atomic mass is 10.1. The first-order valence-electron chi connectivity index (χ1n) is 9.36. The first-order valence-corrected chi connectivity index (χ1v) is 9.36. The van der Waals surface area contributed by atoms with Crippen molar-refractivity contribution in [1.29, 1.82) is 0 Å². The van der Waals surface area contributed by atoms with Crippen molar-refractivity contribution < 1.29 is 18.7 Å². The van der Waals surface area contributed by atoms with Gasteiger partial charge in [0.05, 0.1) is 18.5 Å². The SMILES string of the molecule is COc1cc(N2CCN(C(=O)c3cc(-c4ccc(F)cc4)nn3C)CC2=O)ccn1. The predicted octanol–water partition coefficient (Wildman–Crippen LogP) is 2.12. The molecule has 4 rings (SSSR count). The molecule has 0 bridgehead atoms. The molecule has 0 unspecified atom stereocenters. The molecule has 154 valence electrons. The Labute approximate surface area is 172 Å². The molecule has 0 radical (unpaired) electrons. The van der Waals surface area contributed by atoms with E-state index >= 15 is 0 Å². The number of piperazine rings is 1. The zero-order valence-electron chi connectivity index (χ0n) is 16.6. The highest BCUT2D eigenvalue weighted by atomic mass is 19.1. The number of pyridine rings is 1. The number of aryl methyl sites for hydroxylation is 1. The van der Waals surface area contributed by atoms with Gasteiger partial charge in [0, 0.05) is 38.0 Å². The summed E-state index contributed by atoms with van der Waals surface area (Å²) in [4.78, 5) is 32.9. The van der Waals surface area contributed by atoms with Crippen molar-refractivity contribution in [3.63, 3.8) is 0 Å². The summed E-state index contributed by atoms with van der Waals surface area (Å²) in [7, 11) is 3.18. The first kappa shape index (κ1) is 19.6. The highest BCUT2D eigenvalue weighted by molar-refractivity contribution is 6.01. The van der Waals surface area contributed by atoms with E-state index in [-0.39, 0.29) is 24.2 Å². The molecule has 9 heteroatoms. The van der Waals surface area contributed by atoms with Gasteiger partial charge in [-0.05, 0) is 36.4 Å². The number of hydrogen-bond acceptors (Lipinski definition) is 5. The van der Waals surface area contributed by atoms with Gasteiger partial charge < -0.3 is 14.5 Å². The van der Waals surface area contributed by atoms with Crippen LogP contribution in [0.1, 0.15) is 10.5 Å². The van der Waals surface area contributed by atoms with E-state index in [2.05, 4.69) is 10.1 Å². The summed E-state index contributed by atoms with van der Waals surface area (Å²) < 4.78 is 19.7. The minimum atomic E-state index is -0.339. The van der Waals surface area contributed by atoms with Gasteiger partial charge in [-0.25, -0.2) is 9.37 Å². The van der Waals surface area contributed by atoms with Crippen LogP contribution in [0.4, 0.5) is 10.1 Å². The number of hydrogen-bond donors (Lipinski definition) is 0. The van der Waals surface area contributed by atoms with Crippen LogP contribution in [0, 0.1) is 5.82 Å². The standard InChI is InChI=1S/C21H20FN5O3/c1-25-18(12-17(24-25)14-3-5-15(22)6-4-14)21(29)26-9-10-27(20(28)13-26)16-7-8-23-19(11-16)30-2/h3-8,11-12H,9-10,13H2,1-2H3. The third-order valence-corrected chi connectivity index (χ3v) is 4.99. The van der Waals surface area contributed by atoms with E-state index < -0.39 is 0 Å². The van der Waals surface area contributed by atoms with Gasteiger partial charge in [-0.15, -0.1) is 0 Å². The van der Waals surface area contributed by atoms with E-state index in [9.17, 15) is 14.0 Å². The van der Waals surface area contributed by atoms with E-state index in [0.29, 0.717) is 41.6 Å². The summed E-state index contributed by atoms with van der Waals surface area (Å²) in [6.07, 6.45) is 1.57. The monoisotopic (exact) mass is 409 g/mol. The number of aromatic nitrogens is 3. The maximum atomic E-state index is 13.2. The number of halogens is 1. The number of rotatable bonds is 4. The highest BCUT2D eigenvalue weighted by Gasteiger charge is 2.30. The minimum absolute atomic E-state index is 0.0411. The number of benzene rings is 1. The second kappa shape index (κ2) is 7.94. The van der Waals surface area contributed by atoms with E-state index in [1.807, 2.05) is 0 Å². The average Bonchev–Trinajstić information content (AvgIpc) is 3.15. The molecule has 1 aromatic carbocycles. The van der Waals surface area contributed by atoms with Gasteiger partial charge in [0.25, 0.3) is 5.91 Å². The van der Waals surface area contributed by atoms with Gasteiger partial charge in [0.1, 0.15) is 18.1 Å². The van der Waals surface area contributed by atoms with Crippen molar-refractivity contribution in [2.24, 2.45) is 7.05 Å². The molecule has 3 heterocycles. The van der Waals surface area contributed by atoms with E-state index in [1.165, 1.54) is 28.8 Å². The second-order valence-corrected chi connectivity index (χ2v) is 6.87. The first-order chi connectivity index (χ1) is 14.5. The fraction of sp³-hybridized carbons (Fsp3) is 0.238. The number of anilines is 1. The maximum absolute atomic E-state index is 13.2. The predicted molar refractivity (Wildman–Crippen MR) is 108 cm³/mol. The Hall–Kier alpha value is -3.75. The number of methoxy groups -OCH3 is 1. The Morgan fingerprint density at radius 1 is 1.13 bits per heavy atom. The van der Waals surface area contributed by atoms with Crippen molar-refractivity contribution in [3.05, 3.63) is 60.2 Å². The molecular weight excluding hydrogens is 389 g/mol. The fourth-order valence-electron chi connectivity index (χ4n) is 3.39. The van der Waals surface area contributed by atoms with Crippen molar-refractivity contribution in [1.82, 2.24) is 19.7 Å². The van der Waals surface area contributed by atoms with Crippen molar-refractivity contribution in [2.75, 3.05) is 31.6 Å². The van der Waals surface area contributed by atoms with Crippen LogP contribution in [0.3, 0.4) is 0 Å². The third-order valence-electron chi connectivity index (χ3n) is 4.99. The molecule has 2 amide bonds. The lowest BCUT2D eigenvalue weighted by Gasteiger charge is -2.34. The summed E-state index contributed by atoms with van der Waals surface area (Å²) in [6, 6.07) is 11.0. The van der Waals surface area contributed by atoms with E-state index in [0.717, 1.165) is 0 Å². The number of ether oxygens (including phenoxy) is 1. The zero-order valence-corrected chi connectivity index (χ0v) is 16.6. The molecule has 0 atom stereocenters. The Balaban J connectivity index is 1.50. The zero-order chi connectivity index (χ0) is 21.3. The van der Waals surface area contributed by atoms with Gasteiger partial charge in [-0.2, -0.15) is 5.10 Å². The van der Waals surface area contributed by atoms with Gasteiger partial charge in [-0.3, -0.25) is 14.3 Å². The Morgan fingerprint density at radius 3 is 2.60 bits per heavy atom. The summed E-state index contributed by atoms with van der Waals surface area (Å²) in [5, 5.41) is 4.36. The Bertz CT molecular complexity index is 1100. The van der Waals surface area contributed by atoms with Gasteiger partial charge >= 0.3 is 0 Å². The molecule has 1 fully saturated rings. The lowest BCUT2D eigenvalue weighted by Crippen LogP contribution is -2.52. The van der Waals surface area contributed by atoms with Crippen LogP contribution in [-0.4, -0.2) is 58.2 Å². The largest absolute Gasteiger partial charge is 0.481 e. The highest BCUT2D eigenvalue weighted by Crippen LogP contribution is 2.23. The molecule has 0 saturated carbocycles. The summed E-state index contributed by atoms with van der Waals surface area (Å²) in [6.45, 7) is 0.702. The average molecular weight is 409 g/mol. The number of carbonyl (C=O) groups is 2. The lowest BCUT2D eigenvalue weighted by molar-refractivity contribution is -0.120. The summed E-state index contributed by atoms with van der Waals surface area (Å²) >= 11 is 0. The molecule has 8 nitrogen and oxygen atoms in total. The van der Waals surface area contributed by atoms with Gasteiger partial charge in [0.15, 0.2) is 0 Å². The van der Waals surface area contributed by atoms with E-state index in [1.54, 1.807) is 48.5 Å². The second-order valence-electron chi connectivity index (χ2n) is 6.87. The van der Waals surface area contributed by atoms with Crippen LogP contribution in [0.5, 0.6) is 5.88 Å². The Kier molecular flexibility index (Phi) is 5.18. The molecular formula is C21H20FN5O3. The fourth-order valence-corrected chi connectivity index (χ4v) is 3.39. The quantitative estimate of drug-likeness (QED) is 0.659. The molecule has 2 aromatic heterocycles. The van der Waals surface area contributed by atoms with Crippen molar-refractivity contribution >= 4 is 17.5 Å². The van der Waals surface area contributed by atoms with Gasteiger partial charge in [0.2, 0.25) is 11.8 Å². The third kappa shape index (κ3) is 3.73. The van der Waals surface area contributed by atoms with Crippen LogP contribution >= 0.6 is 0 Å². The molecule has 30 heavy (non-hydrogen) atoms. The molecule has 3 aromatic rings. The van der Waals surface area contributed by atoms with Crippen LogP contribution in [0.25, 0.3) is 11.3 Å². The molecule has 0 spiro atoms. The van der Waals surface area contributed by atoms with Crippen LogP contribution in [-0.2, 0) is 11.8 Å². The minimum Gasteiger partial charge on any atom is -0.481 e.